The van der Waals surface area contributed by atoms with Gasteiger partial charge in [-0.25, -0.2) is 0 Å². The zero-order valence-electron chi connectivity index (χ0n) is 5.50. The van der Waals surface area contributed by atoms with Gasteiger partial charge in [-0.1, -0.05) is 0 Å². The van der Waals surface area contributed by atoms with Crippen molar-refractivity contribution in [2.24, 2.45) is 0 Å². The average molecular weight is 147 g/mol. The Morgan fingerprint density at radius 2 is 2.36 bits per heavy atom. The molecule has 11 heavy (non-hydrogen) atoms. The van der Waals surface area contributed by atoms with E-state index in [9.17, 15) is 4.79 Å². The van der Waals surface area contributed by atoms with Gasteiger partial charge in [0.25, 0.3) is 11.9 Å². The highest BCUT2D eigenvalue weighted by Gasteiger charge is 2.07. The van der Waals surface area contributed by atoms with Gasteiger partial charge in [0.1, 0.15) is 6.26 Å². The quantitative estimate of drug-likeness (QED) is 0.525. The lowest BCUT2D eigenvalue weighted by Gasteiger charge is -1.90. The summed E-state index contributed by atoms with van der Waals surface area (Å²) in [4.78, 5) is 14.3. The predicted molar refractivity (Wildman–Crippen MR) is 39.1 cm³/mol. The second kappa shape index (κ2) is 3.14. The van der Waals surface area contributed by atoms with Crippen molar-refractivity contribution in [3.8, 4) is 0 Å². The molecule has 1 aromatic heterocycles. The smallest absolute Gasteiger partial charge is 0.281 e. The van der Waals surface area contributed by atoms with Crippen LogP contribution in [0.25, 0.3) is 0 Å². The maximum Gasteiger partial charge on any atom is 0.281 e. The van der Waals surface area contributed by atoms with Gasteiger partial charge >= 0.3 is 0 Å². The van der Waals surface area contributed by atoms with Gasteiger partial charge in [-0.05, 0) is 0 Å². The minimum absolute atomic E-state index is 0.0589. The molecule has 0 saturated heterocycles. The van der Waals surface area contributed by atoms with Crippen LogP contribution in [0.2, 0.25) is 0 Å². The Hall–Kier alpha value is -1.39. The summed E-state index contributed by atoms with van der Waals surface area (Å²) in [5, 5.41) is 4.02. The van der Waals surface area contributed by atoms with E-state index in [1.54, 1.807) is 0 Å². The van der Waals surface area contributed by atoms with Crippen LogP contribution in [0.4, 0.5) is 6.01 Å². The maximum absolute atomic E-state index is 10.7. The molecule has 7 heteroatoms. The second-order valence-electron chi connectivity index (χ2n) is 1.66. The molecule has 0 aromatic carbocycles. The molecule has 52 valence electrons. The molecule has 0 unspecified atom stereocenters. The zero-order chi connectivity index (χ0) is 8.27. The molecule has 1 aromatic rings. The first-order chi connectivity index (χ1) is 5.27. The molecule has 2 N–H and O–H groups in total. The molecule has 1 rings (SSSR count). The Morgan fingerprint density at radius 1 is 1.64 bits per heavy atom. The van der Waals surface area contributed by atoms with Gasteiger partial charge in [0, 0.05) is 0 Å². The summed E-state index contributed by atoms with van der Waals surface area (Å²) in [6, 6.07) is 0.0589. The number of nitrogens with one attached hydrogen (secondary N) is 2. The van der Waals surface area contributed by atoms with Gasteiger partial charge in [-0.3, -0.25) is 4.79 Å². The van der Waals surface area contributed by atoms with E-state index in [0.29, 0.717) is 0 Å². The average Bonchev–Trinajstić information content (AvgIpc) is 2.50. The summed E-state index contributed by atoms with van der Waals surface area (Å²) in [7, 11) is 9.76. The fourth-order valence-electron chi connectivity index (χ4n) is 0.518. The fraction of sp³-hybridized carbons (Fsp3) is 0. The van der Waals surface area contributed by atoms with Crippen molar-refractivity contribution in [3.05, 3.63) is 12.0 Å². The van der Waals surface area contributed by atoms with Gasteiger partial charge in [-0.15, -0.1) is 0 Å². The van der Waals surface area contributed by atoms with Crippen molar-refractivity contribution < 1.29 is 9.21 Å². The minimum Gasteiger partial charge on any atom is -0.432 e. The molecule has 1 heterocycles. The van der Waals surface area contributed by atoms with Crippen LogP contribution in [0.5, 0.6) is 0 Å². The first-order valence-corrected chi connectivity index (χ1v) is 2.71. The number of amides is 1. The van der Waals surface area contributed by atoms with Gasteiger partial charge < -0.3 is 14.9 Å². The molecule has 0 aliphatic heterocycles. The van der Waals surface area contributed by atoms with E-state index in [0.717, 1.165) is 6.26 Å². The number of oxazole rings is 1. The van der Waals surface area contributed by atoms with E-state index < -0.39 is 5.91 Å². The Balaban J connectivity index is 2.80. The highest BCUT2D eigenvalue weighted by molar-refractivity contribution is 6.18. The molecular weight excluding hydrogens is 144 g/mol. The Morgan fingerprint density at radius 3 is 2.82 bits per heavy atom. The third-order valence-corrected chi connectivity index (χ3v) is 0.991. The third kappa shape index (κ3) is 1.54. The first-order valence-electron chi connectivity index (χ1n) is 2.71. The molecule has 0 aliphatic carbocycles. The van der Waals surface area contributed by atoms with E-state index in [4.69, 9.17) is 16.0 Å². The van der Waals surface area contributed by atoms with Crippen molar-refractivity contribution in [2.45, 2.75) is 0 Å². The summed E-state index contributed by atoms with van der Waals surface area (Å²) in [5.41, 5.74) is 0.0699. The summed E-state index contributed by atoms with van der Waals surface area (Å²) in [6.07, 6.45) is 1.14. The lowest BCUT2D eigenvalue weighted by atomic mass is 10.3. The van der Waals surface area contributed by atoms with Crippen LogP contribution in [-0.2, 0) is 0 Å². The molecule has 0 saturated carbocycles. The van der Waals surface area contributed by atoms with Crippen LogP contribution in [-0.4, -0.2) is 26.9 Å². The normalized spacial score (nSPS) is 9.09. The van der Waals surface area contributed by atoms with Crippen LogP contribution in [0, 0.1) is 0 Å². The molecule has 5 nitrogen and oxygen atoms in total. The van der Waals surface area contributed by atoms with E-state index >= 15 is 0 Å². The SMILES string of the molecule is [B]NC(=O)c1coc(N[B])n1. The standard InChI is InChI=1S/C4H3B2N3O2/c5-8-3(10)2-1-11-4(7-2)9-6/h1H,(H,7,9)(H,8,10). The Bertz CT molecular complexity index is 262. The highest BCUT2D eigenvalue weighted by atomic mass is 16.4. The van der Waals surface area contributed by atoms with Crippen LogP contribution in [0.3, 0.4) is 0 Å². The molecule has 0 bridgehead atoms. The number of rotatable bonds is 2. The number of hydrogen-bond acceptors (Lipinski definition) is 4. The van der Waals surface area contributed by atoms with E-state index in [2.05, 4.69) is 14.6 Å². The van der Waals surface area contributed by atoms with Gasteiger partial charge in [0.05, 0.1) is 0 Å². The molecule has 0 spiro atoms. The maximum atomic E-state index is 10.7. The third-order valence-electron chi connectivity index (χ3n) is 0.991. The van der Waals surface area contributed by atoms with Crippen LogP contribution >= 0.6 is 0 Å². The number of carbonyl (C=O) groups is 1. The first kappa shape index (κ1) is 7.71. The zero-order valence-corrected chi connectivity index (χ0v) is 5.50. The van der Waals surface area contributed by atoms with Crippen molar-refractivity contribution in [2.75, 3.05) is 5.23 Å². The molecule has 1 amide bonds. The van der Waals surface area contributed by atoms with Gasteiger partial charge in [0.2, 0.25) is 16.0 Å². The van der Waals surface area contributed by atoms with Crippen molar-refractivity contribution in [3.63, 3.8) is 0 Å². The summed E-state index contributed by atoms with van der Waals surface area (Å²) in [5.74, 6) is -0.532. The molecule has 0 atom stereocenters. The van der Waals surface area contributed by atoms with Crippen molar-refractivity contribution in [1.82, 2.24) is 10.2 Å². The summed E-state index contributed by atoms with van der Waals surface area (Å²) >= 11 is 0. The Kier molecular flexibility index (Phi) is 2.20. The van der Waals surface area contributed by atoms with Crippen LogP contribution in [0.15, 0.2) is 10.7 Å². The number of nitrogens with zero attached hydrogens (tertiary/aromatic N) is 1. The molecule has 0 fully saturated rings. The van der Waals surface area contributed by atoms with E-state index in [-0.39, 0.29) is 11.7 Å². The monoisotopic (exact) mass is 147 g/mol. The van der Waals surface area contributed by atoms with Gasteiger partial charge in [0.15, 0.2) is 5.69 Å². The largest absolute Gasteiger partial charge is 0.432 e. The topological polar surface area (TPSA) is 67.2 Å². The number of anilines is 1. The van der Waals surface area contributed by atoms with Crippen LogP contribution < -0.4 is 10.5 Å². The lowest BCUT2D eigenvalue weighted by molar-refractivity contribution is 0.0977. The van der Waals surface area contributed by atoms with Crippen LogP contribution in [0.1, 0.15) is 10.5 Å². The molecule has 0 aliphatic rings. The fourth-order valence-corrected chi connectivity index (χ4v) is 0.518. The number of carbonyl (C=O) groups excluding carboxylic acids is 1. The lowest BCUT2D eigenvalue weighted by Crippen LogP contribution is -2.19. The van der Waals surface area contributed by atoms with E-state index in [1.807, 2.05) is 5.23 Å². The number of hydrogen-bond donors (Lipinski definition) is 2. The van der Waals surface area contributed by atoms with Gasteiger partial charge in [-0.2, -0.15) is 4.98 Å². The summed E-state index contributed by atoms with van der Waals surface area (Å²) in [6.45, 7) is 0. The molecular formula is C4H3B2N3O2. The predicted octanol–water partition coefficient (Wildman–Crippen LogP) is -1.02. The van der Waals surface area contributed by atoms with Crippen molar-refractivity contribution in [1.29, 1.82) is 0 Å². The molecule has 4 radical (unpaired) electrons. The highest BCUT2D eigenvalue weighted by Crippen LogP contribution is 2.04. The van der Waals surface area contributed by atoms with E-state index in [1.165, 1.54) is 0 Å². The minimum atomic E-state index is -0.532. The Labute approximate surface area is 65.4 Å². The second-order valence-corrected chi connectivity index (χ2v) is 1.66. The number of aromatic nitrogens is 1. The summed E-state index contributed by atoms with van der Waals surface area (Å²) < 4.78 is 4.67. The van der Waals surface area contributed by atoms with Crippen molar-refractivity contribution >= 4 is 27.9 Å².